The predicted octanol–water partition coefficient (Wildman–Crippen LogP) is 4.92. The fraction of sp³-hybridized carbons (Fsp3) is 1.00. The summed E-state index contributed by atoms with van der Waals surface area (Å²) in [5.41, 5.74) is 0. The van der Waals surface area contributed by atoms with Crippen LogP contribution < -0.4 is 0 Å². The standard InChI is InChI=1S/C9H21OPS3/c1-4-6-8-13-11(12,10-3)14-9-7-5-2/h4-9H2,1-3H3. The zero-order chi connectivity index (χ0) is 10.9. The molecule has 0 heterocycles. The van der Waals surface area contributed by atoms with Crippen molar-refractivity contribution in [1.82, 2.24) is 0 Å². The summed E-state index contributed by atoms with van der Waals surface area (Å²) in [6, 6.07) is 0. The van der Waals surface area contributed by atoms with E-state index in [4.69, 9.17) is 16.3 Å². The molecule has 5 heteroatoms. The van der Waals surface area contributed by atoms with Crippen LogP contribution in [0.3, 0.4) is 0 Å². The molecule has 0 saturated carbocycles. The van der Waals surface area contributed by atoms with Crippen LogP contribution in [0.25, 0.3) is 0 Å². The van der Waals surface area contributed by atoms with Gasteiger partial charge in [0, 0.05) is 18.6 Å². The maximum atomic E-state index is 5.54. The third-order valence-corrected chi connectivity index (χ3v) is 11.9. The van der Waals surface area contributed by atoms with Crippen molar-refractivity contribution in [2.45, 2.75) is 39.5 Å². The van der Waals surface area contributed by atoms with Gasteiger partial charge in [0.05, 0.1) is 0 Å². The van der Waals surface area contributed by atoms with Crippen molar-refractivity contribution in [1.29, 1.82) is 0 Å². The molecule has 0 aliphatic carbocycles. The molecule has 0 aromatic heterocycles. The minimum Gasteiger partial charge on any atom is -0.337 e. The van der Waals surface area contributed by atoms with Crippen LogP contribution in [-0.4, -0.2) is 18.6 Å². The zero-order valence-electron chi connectivity index (χ0n) is 9.32. The molecule has 0 unspecified atom stereocenters. The molecule has 14 heavy (non-hydrogen) atoms. The minimum atomic E-state index is -1.59. The highest BCUT2D eigenvalue weighted by Crippen LogP contribution is 2.69. The van der Waals surface area contributed by atoms with Crippen LogP contribution in [0.2, 0.25) is 0 Å². The Morgan fingerprint density at radius 3 is 1.79 bits per heavy atom. The molecule has 0 amide bonds. The predicted molar refractivity (Wildman–Crippen MR) is 76.0 cm³/mol. The highest BCUT2D eigenvalue weighted by Gasteiger charge is 2.16. The second-order valence-electron chi connectivity index (χ2n) is 3.00. The number of hydrogen-bond acceptors (Lipinski definition) is 4. The first kappa shape index (κ1) is 15.3. The second kappa shape index (κ2) is 9.53. The van der Waals surface area contributed by atoms with Gasteiger partial charge in [-0.15, -0.1) is 0 Å². The monoisotopic (exact) mass is 272 g/mol. The molecular formula is C9H21OPS3. The molecule has 0 saturated heterocycles. The van der Waals surface area contributed by atoms with Crippen molar-refractivity contribution >= 4 is 39.2 Å². The van der Waals surface area contributed by atoms with Crippen LogP contribution in [0.1, 0.15) is 39.5 Å². The van der Waals surface area contributed by atoms with Crippen LogP contribution >= 0.6 is 27.4 Å². The summed E-state index contributed by atoms with van der Waals surface area (Å²) >= 11 is 9.28. The first-order valence-corrected chi connectivity index (χ1v) is 11.0. The van der Waals surface area contributed by atoms with E-state index < -0.39 is 4.67 Å². The van der Waals surface area contributed by atoms with Crippen molar-refractivity contribution in [3.05, 3.63) is 0 Å². The van der Waals surface area contributed by atoms with E-state index in [1.54, 1.807) is 7.11 Å². The number of rotatable bonds is 9. The van der Waals surface area contributed by atoms with E-state index in [9.17, 15) is 0 Å². The molecule has 0 fully saturated rings. The van der Waals surface area contributed by atoms with Crippen molar-refractivity contribution in [2.75, 3.05) is 18.6 Å². The molecule has 0 rings (SSSR count). The van der Waals surface area contributed by atoms with E-state index in [0.29, 0.717) is 0 Å². The van der Waals surface area contributed by atoms with Crippen molar-refractivity contribution in [3.8, 4) is 0 Å². The lowest BCUT2D eigenvalue weighted by Gasteiger charge is -2.18. The summed E-state index contributed by atoms with van der Waals surface area (Å²) in [6.45, 7) is 4.42. The Balaban J connectivity index is 3.74. The molecule has 0 N–H and O–H groups in total. The van der Waals surface area contributed by atoms with Gasteiger partial charge < -0.3 is 4.52 Å². The lowest BCUT2D eigenvalue weighted by Crippen LogP contribution is -1.83. The van der Waals surface area contributed by atoms with E-state index >= 15 is 0 Å². The second-order valence-corrected chi connectivity index (χ2v) is 13.9. The highest BCUT2D eigenvalue weighted by atomic mass is 33.2. The molecule has 0 aliphatic rings. The third kappa shape index (κ3) is 7.58. The lowest BCUT2D eigenvalue weighted by molar-refractivity contribution is 0.480. The molecule has 0 aromatic carbocycles. The molecule has 0 aromatic rings. The Kier molecular flexibility index (Phi) is 10.4. The van der Waals surface area contributed by atoms with Crippen molar-refractivity contribution < 1.29 is 4.52 Å². The Hall–Kier alpha value is 1.31. The van der Waals surface area contributed by atoms with Gasteiger partial charge in [-0.2, -0.15) is 0 Å². The largest absolute Gasteiger partial charge is 0.337 e. The van der Waals surface area contributed by atoms with Gasteiger partial charge in [-0.25, -0.2) is 0 Å². The van der Waals surface area contributed by atoms with Gasteiger partial charge in [0.25, 0.3) is 0 Å². The molecular weight excluding hydrogens is 251 g/mol. The van der Waals surface area contributed by atoms with E-state index in [1.165, 1.54) is 25.7 Å². The van der Waals surface area contributed by atoms with Gasteiger partial charge in [-0.05, 0) is 24.6 Å². The molecule has 86 valence electrons. The SMILES string of the molecule is CCCCSP(=S)(OC)SCCCC. The fourth-order valence-corrected chi connectivity index (χ4v) is 8.68. The maximum absolute atomic E-state index is 5.54. The smallest absolute Gasteiger partial charge is 0.174 e. The molecule has 0 bridgehead atoms. The van der Waals surface area contributed by atoms with Crippen molar-refractivity contribution in [3.63, 3.8) is 0 Å². The van der Waals surface area contributed by atoms with Crippen LogP contribution in [0.15, 0.2) is 0 Å². The molecule has 1 nitrogen and oxygen atoms in total. The van der Waals surface area contributed by atoms with Gasteiger partial charge in [-0.3, -0.25) is 0 Å². The Bertz CT molecular complexity index is 161. The summed E-state index contributed by atoms with van der Waals surface area (Å²) < 4.78 is 3.89. The van der Waals surface area contributed by atoms with Gasteiger partial charge >= 0.3 is 0 Å². The normalized spacial score (nSPS) is 11.9. The first-order chi connectivity index (χ1) is 6.68. The van der Waals surface area contributed by atoms with E-state index in [-0.39, 0.29) is 0 Å². The minimum absolute atomic E-state index is 1.15. The maximum Gasteiger partial charge on any atom is 0.174 e. The van der Waals surface area contributed by atoms with Gasteiger partial charge in [0.2, 0.25) is 0 Å². The summed E-state index contributed by atoms with van der Waals surface area (Å²) in [7, 11) is 1.76. The van der Waals surface area contributed by atoms with Crippen molar-refractivity contribution in [2.24, 2.45) is 0 Å². The Morgan fingerprint density at radius 1 is 1.07 bits per heavy atom. The average Bonchev–Trinajstić information content (AvgIpc) is 2.19. The fourth-order valence-electron chi connectivity index (χ4n) is 0.784. The van der Waals surface area contributed by atoms with Crippen LogP contribution in [0.5, 0.6) is 0 Å². The van der Waals surface area contributed by atoms with E-state index in [1.807, 2.05) is 22.8 Å². The van der Waals surface area contributed by atoms with Crippen LogP contribution in [0, 0.1) is 0 Å². The lowest BCUT2D eigenvalue weighted by atomic mass is 10.4. The molecule has 0 atom stereocenters. The zero-order valence-corrected chi connectivity index (χ0v) is 12.7. The summed E-state index contributed by atoms with van der Waals surface area (Å²) in [5.74, 6) is 2.31. The van der Waals surface area contributed by atoms with Gasteiger partial charge in [0.15, 0.2) is 4.67 Å². The van der Waals surface area contributed by atoms with Gasteiger partial charge in [0.1, 0.15) is 0 Å². The topological polar surface area (TPSA) is 9.23 Å². The third-order valence-electron chi connectivity index (χ3n) is 1.72. The van der Waals surface area contributed by atoms with Crippen LogP contribution in [0.4, 0.5) is 0 Å². The summed E-state index contributed by atoms with van der Waals surface area (Å²) in [4.78, 5) is 0. The van der Waals surface area contributed by atoms with Gasteiger partial charge in [-0.1, -0.05) is 49.5 Å². The summed E-state index contributed by atoms with van der Waals surface area (Å²) in [5, 5.41) is 0. The number of hydrogen-bond donors (Lipinski definition) is 0. The molecule has 0 spiro atoms. The quantitative estimate of drug-likeness (QED) is 0.435. The summed E-state index contributed by atoms with van der Waals surface area (Å²) in [6.07, 6.45) is 4.98. The van der Waals surface area contributed by atoms with Crippen LogP contribution in [-0.2, 0) is 16.3 Å². The Morgan fingerprint density at radius 2 is 1.50 bits per heavy atom. The molecule has 0 radical (unpaired) electrons. The van der Waals surface area contributed by atoms with E-state index in [2.05, 4.69) is 13.8 Å². The van der Waals surface area contributed by atoms with E-state index in [0.717, 1.165) is 11.5 Å². The first-order valence-electron chi connectivity index (χ1n) is 5.13. The number of unbranched alkanes of at least 4 members (excludes halogenated alkanes) is 2. The average molecular weight is 272 g/mol. The molecule has 0 aliphatic heterocycles. The Labute approximate surface area is 102 Å². The highest BCUT2D eigenvalue weighted by molar-refractivity contribution is 8.99.